The van der Waals surface area contributed by atoms with Gasteiger partial charge in [0.25, 0.3) is 0 Å². The molecule has 0 saturated carbocycles. The number of methoxy groups -OCH3 is 1. The molecule has 1 aromatic heterocycles. The van der Waals surface area contributed by atoms with Gasteiger partial charge in [-0.05, 0) is 24.6 Å². The molecule has 5 nitrogen and oxygen atoms in total. The highest BCUT2D eigenvalue weighted by molar-refractivity contribution is 7.15. The SMILES string of the molecule is COc1ccc(COCCNc2nnc(C)s2)cc1. The third-order valence-corrected chi connectivity index (χ3v) is 3.27. The van der Waals surface area contributed by atoms with Crippen LogP contribution in [0.2, 0.25) is 0 Å². The summed E-state index contributed by atoms with van der Waals surface area (Å²) in [5.74, 6) is 0.858. The number of hydrogen-bond donors (Lipinski definition) is 1. The molecule has 0 aliphatic rings. The quantitative estimate of drug-likeness (QED) is 0.789. The molecule has 1 aromatic carbocycles. The Morgan fingerprint density at radius 3 is 2.63 bits per heavy atom. The van der Waals surface area contributed by atoms with E-state index >= 15 is 0 Å². The molecule has 0 aliphatic carbocycles. The number of aromatic nitrogens is 2. The van der Waals surface area contributed by atoms with Crippen LogP contribution in [0.3, 0.4) is 0 Å². The molecule has 1 heterocycles. The average Bonchev–Trinajstić information content (AvgIpc) is 2.85. The minimum Gasteiger partial charge on any atom is -0.497 e. The Labute approximate surface area is 116 Å². The number of hydrogen-bond acceptors (Lipinski definition) is 6. The van der Waals surface area contributed by atoms with Crippen LogP contribution in [0.4, 0.5) is 5.13 Å². The first-order valence-corrected chi connectivity index (χ1v) is 6.84. The van der Waals surface area contributed by atoms with E-state index in [1.165, 1.54) is 0 Å². The molecule has 0 fully saturated rings. The first-order chi connectivity index (χ1) is 9.28. The zero-order valence-corrected chi connectivity index (χ0v) is 11.9. The van der Waals surface area contributed by atoms with E-state index in [0.717, 1.165) is 28.0 Å². The molecule has 0 bridgehead atoms. The second kappa shape index (κ2) is 7.06. The van der Waals surface area contributed by atoms with Crippen LogP contribution < -0.4 is 10.1 Å². The summed E-state index contributed by atoms with van der Waals surface area (Å²) in [7, 11) is 1.66. The van der Waals surface area contributed by atoms with E-state index in [1.54, 1.807) is 18.4 Å². The lowest BCUT2D eigenvalue weighted by Gasteiger charge is -2.06. The van der Waals surface area contributed by atoms with Crippen molar-refractivity contribution in [3.8, 4) is 5.75 Å². The lowest BCUT2D eigenvalue weighted by molar-refractivity contribution is 0.130. The van der Waals surface area contributed by atoms with E-state index < -0.39 is 0 Å². The molecule has 19 heavy (non-hydrogen) atoms. The highest BCUT2D eigenvalue weighted by Crippen LogP contribution is 2.13. The Kier molecular flexibility index (Phi) is 5.11. The van der Waals surface area contributed by atoms with Gasteiger partial charge in [-0.2, -0.15) is 0 Å². The Balaban J connectivity index is 1.63. The summed E-state index contributed by atoms with van der Waals surface area (Å²) in [5.41, 5.74) is 1.13. The van der Waals surface area contributed by atoms with Crippen LogP contribution in [-0.2, 0) is 11.3 Å². The molecule has 0 unspecified atom stereocenters. The highest BCUT2D eigenvalue weighted by Gasteiger charge is 1.99. The highest BCUT2D eigenvalue weighted by atomic mass is 32.1. The maximum absolute atomic E-state index is 5.57. The van der Waals surface area contributed by atoms with Gasteiger partial charge in [-0.15, -0.1) is 10.2 Å². The lowest BCUT2D eigenvalue weighted by Crippen LogP contribution is -2.09. The first kappa shape index (κ1) is 13.8. The Hall–Kier alpha value is -1.66. The minimum atomic E-state index is 0.598. The van der Waals surface area contributed by atoms with Gasteiger partial charge in [0.1, 0.15) is 10.8 Å². The summed E-state index contributed by atoms with van der Waals surface area (Å²) < 4.78 is 10.7. The standard InChI is InChI=1S/C13H17N3O2S/c1-10-15-16-13(19-10)14-7-8-18-9-11-3-5-12(17-2)6-4-11/h3-6H,7-9H2,1-2H3,(H,14,16). The minimum absolute atomic E-state index is 0.598. The van der Waals surface area contributed by atoms with Crippen molar-refractivity contribution in [2.75, 3.05) is 25.6 Å². The lowest BCUT2D eigenvalue weighted by atomic mass is 10.2. The van der Waals surface area contributed by atoms with Crippen LogP contribution in [0.1, 0.15) is 10.6 Å². The predicted octanol–water partition coefficient (Wildman–Crippen LogP) is 2.48. The van der Waals surface area contributed by atoms with Gasteiger partial charge in [0.2, 0.25) is 5.13 Å². The van der Waals surface area contributed by atoms with Crippen LogP contribution in [0, 0.1) is 6.92 Å². The third kappa shape index (κ3) is 4.50. The van der Waals surface area contributed by atoms with Crippen LogP contribution in [0.15, 0.2) is 24.3 Å². The number of aryl methyl sites for hydroxylation is 1. The van der Waals surface area contributed by atoms with Crippen molar-refractivity contribution in [2.45, 2.75) is 13.5 Å². The molecular weight excluding hydrogens is 262 g/mol. The van der Waals surface area contributed by atoms with Crippen molar-refractivity contribution in [1.82, 2.24) is 10.2 Å². The van der Waals surface area contributed by atoms with Crippen molar-refractivity contribution in [3.63, 3.8) is 0 Å². The Morgan fingerprint density at radius 2 is 2.00 bits per heavy atom. The molecule has 0 aliphatic heterocycles. The topological polar surface area (TPSA) is 56.3 Å². The second-order valence-electron chi connectivity index (χ2n) is 3.95. The number of nitrogens with zero attached hydrogens (tertiary/aromatic N) is 2. The van der Waals surface area contributed by atoms with Gasteiger partial charge >= 0.3 is 0 Å². The fraction of sp³-hybridized carbons (Fsp3) is 0.385. The van der Waals surface area contributed by atoms with Crippen LogP contribution in [0.5, 0.6) is 5.75 Å². The predicted molar refractivity (Wildman–Crippen MR) is 75.8 cm³/mol. The fourth-order valence-corrected chi connectivity index (χ4v) is 2.13. The first-order valence-electron chi connectivity index (χ1n) is 6.02. The largest absolute Gasteiger partial charge is 0.497 e. The third-order valence-electron chi connectivity index (χ3n) is 2.48. The van der Waals surface area contributed by atoms with Crippen LogP contribution >= 0.6 is 11.3 Å². The summed E-state index contributed by atoms with van der Waals surface area (Å²) in [4.78, 5) is 0. The molecule has 2 rings (SSSR count). The van der Waals surface area contributed by atoms with Crippen LogP contribution in [-0.4, -0.2) is 30.5 Å². The molecular formula is C13H17N3O2S. The number of nitrogens with one attached hydrogen (secondary N) is 1. The molecule has 102 valence electrons. The molecule has 6 heteroatoms. The van der Waals surface area contributed by atoms with Crippen LogP contribution in [0.25, 0.3) is 0 Å². The second-order valence-corrected chi connectivity index (χ2v) is 5.14. The van der Waals surface area contributed by atoms with Gasteiger partial charge in [0.05, 0.1) is 20.3 Å². The summed E-state index contributed by atoms with van der Waals surface area (Å²) in [6, 6.07) is 7.86. The normalized spacial score (nSPS) is 10.4. The van der Waals surface area contributed by atoms with Gasteiger partial charge in [-0.25, -0.2) is 0 Å². The van der Waals surface area contributed by atoms with Crippen molar-refractivity contribution in [2.24, 2.45) is 0 Å². The summed E-state index contributed by atoms with van der Waals surface area (Å²) in [6.07, 6.45) is 0. The number of anilines is 1. The van der Waals surface area contributed by atoms with E-state index in [1.807, 2.05) is 31.2 Å². The van der Waals surface area contributed by atoms with Gasteiger partial charge < -0.3 is 14.8 Å². The molecule has 0 spiro atoms. The molecule has 2 aromatic rings. The van der Waals surface area contributed by atoms with Gasteiger partial charge in [-0.3, -0.25) is 0 Å². The van der Waals surface area contributed by atoms with Gasteiger partial charge in [0.15, 0.2) is 0 Å². The molecule has 0 atom stereocenters. The summed E-state index contributed by atoms with van der Waals surface area (Å²) >= 11 is 1.54. The van der Waals surface area contributed by atoms with Gasteiger partial charge in [-0.1, -0.05) is 23.5 Å². The fourth-order valence-electron chi connectivity index (χ4n) is 1.51. The monoisotopic (exact) mass is 279 g/mol. The Morgan fingerprint density at radius 1 is 1.21 bits per heavy atom. The number of benzene rings is 1. The van der Waals surface area contributed by atoms with E-state index in [-0.39, 0.29) is 0 Å². The maximum Gasteiger partial charge on any atom is 0.205 e. The zero-order valence-electron chi connectivity index (χ0n) is 11.0. The van der Waals surface area contributed by atoms with E-state index in [0.29, 0.717) is 13.2 Å². The molecule has 0 saturated heterocycles. The Bertz CT molecular complexity index is 499. The van der Waals surface area contributed by atoms with Gasteiger partial charge in [0, 0.05) is 6.54 Å². The summed E-state index contributed by atoms with van der Waals surface area (Å²) in [5, 5.41) is 12.9. The molecule has 0 amide bonds. The van der Waals surface area contributed by atoms with Crippen molar-refractivity contribution >= 4 is 16.5 Å². The van der Waals surface area contributed by atoms with E-state index in [2.05, 4.69) is 15.5 Å². The summed E-state index contributed by atoms with van der Waals surface area (Å²) in [6.45, 7) is 3.89. The smallest absolute Gasteiger partial charge is 0.205 e. The molecule has 0 radical (unpaired) electrons. The van der Waals surface area contributed by atoms with E-state index in [4.69, 9.17) is 9.47 Å². The van der Waals surface area contributed by atoms with Crippen molar-refractivity contribution in [1.29, 1.82) is 0 Å². The maximum atomic E-state index is 5.57. The van der Waals surface area contributed by atoms with Crippen molar-refractivity contribution in [3.05, 3.63) is 34.8 Å². The average molecular weight is 279 g/mol. The molecule has 1 N–H and O–H groups in total. The number of rotatable bonds is 7. The van der Waals surface area contributed by atoms with E-state index in [9.17, 15) is 0 Å². The van der Waals surface area contributed by atoms with Crippen molar-refractivity contribution < 1.29 is 9.47 Å². The number of ether oxygens (including phenoxy) is 2. The zero-order chi connectivity index (χ0) is 13.5.